The number of aryl methyl sites for hydroxylation is 2. The number of nitrogens with zero attached hydrogens (tertiary/aromatic N) is 5. The normalized spacial score (nSPS) is 12.6. The van der Waals surface area contributed by atoms with Crippen LogP contribution in [-0.4, -0.2) is 37.2 Å². The zero-order chi connectivity index (χ0) is 26.0. The van der Waals surface area contributed by atoms with Gasteiger partial charge in [0.25, 0.3) is 0 Å². The van der Waals surface area contributed by atoms with Gasteiger partial charge in [-0.1, -0.05) is 30.7 Å². The zero-order valence-electron chi connectivity index (χ0n) is 20.3. The van der Waals surface area contributed by atoms with Gasteiger partial charge < -0.3 is 4.74 Å². The third kappa shape index (κ3) is 5.28. The van der Waals surface area contributed by atoms with Crippen molar-refractivity contribution < 1.29 is 9.53 Å². The maximum absolute atomic E-state index is 13.5. The van der Waals surface area contributed by atoms with E-state index in [0.29, 0.717) is 21.7 Å². The Labute approximate surface area is 210 Å². The van der Waals surface area contributed by atoms with Crippen molar-refractivity contribution in [3.63, 3.8) is 0 Å². The summed E-state index contributed by atoms with van der Waals surface area (Å²) in [4.78, 5) is 54.6. The van der Waals surface area contributed by atoms with Crippen LogP contribution in [0.15, 0.2) is 57.0 Å². The average molecular weight is 509 g/mol. The lowest BCUT2D eigenvalue weighted by molar-refractivity contribution is -0.145. The fourth-order valence-electron chi connectivity index (χ4n) is 3.68. The van der Waals surface area contributed by atoms with E-state index in [9.17, 15) is 14.4 Å². The number of methoxy groups -OCH3 is 1. The molecule has 0 aliphatic carbocycles. The van der Waals surface area contributed by atoms with Gasteiger partial charge in [0.15, 0.2) is 0 Å². The molecule has 0 saturated carbocycles. The number of rotatable bonds is 6. The van der Waals surface area contributed by atoms with E-state index in [4.69, 9.17) is 16.3 Å². The molecule has 0 bridgehead atoms. The van der Waals surface area contributed by atoms with Crippen molar-refractivity contribution in [3.05, 3.63) is 91.0 Å². The quantitative estimate of drug-likeness (QED) is 0.399. The molecule has 0 aliphatic rings. The lowest BCUT2D eigenvalue weighted by Crippen LogP contribution is -2.51. The van der Waals surface area contributed by atoms with Crippen LogP contribution in [0.2, 0.25) is 5.02 Å². The van der Waals surface area contributed by atoms with Gasteiger partial charge in [-0.15, -0.1) is 0 Å². The molecule has 0 amide bonds. The van der Waals surface area contributed by atoms with Crippen molar-refractivity contribution >= 4 is 34.3 Å². The van der Waals surface area contributed by atoms with Gasteiger partial charge in [0.2, 0.25) is 5.62 Å². The summed E-state index contributed by atoms with van der Waals surface area (Å²) < 4.78 is 7.04. The predicted octanol–water partition coefficient (Wildman–Crippen LogP) is 2.64. The summed E-state index contributed by atoms with van der Waals surface area (Å²) in [5, 5.41) is 0.558. The number of H-pyrrole nitrogens is 1. The number of halogens is 1. The summed E-state index contributed by atoms with van der Waals surface area (Å²) in [5.41, 5.74) is 3.00. The number of nitrogens with one attached hydrogen (secondary N) is 1. The fourth-order valence-corrected chi connectivity index (χ4v) is 3.80. The molecule has 0 spiro atoms. The zero-order valence-corrected chi connectivity index (χ0v) is 21.0. The number of carbonyl (C=O) groups excluding carboxylic acids is 1. The predicted molar refractivity (Wildman–Crippen MR) is 135 cm³/mol. The number of hydrogen-bond acceptors (Lipinski definition) is 7. The van der Waals surface area contributed by atoms with Crippen LogP contribution in [-0.2, 0) is 22.6 Å². The Hall–Kier alpha value is -4.05. The molecule has 1 N–H and O–H groups in total. The van der Waals surface area contributed by atoms with Gasteiger partial charge in [-0.05, 0) is 49.7 Å². The van der Waals surface area contributed by atoms with Crippen LogP contribution in [0.4, 0.5) is 5.69 Å². The molecular weight excluding hydrogens is 484 g/mol. The number of aromatic amines is 1. The highest BCUT2D eigenvalue weighted by Crippen LogP contribution is 2.19. The first-order valence-electron chi connectivity index (χ1n) is 11.2. The number of benzene rings is 2. The smallest absolute Gasteiger partial charge is 0.335 e. The molecule has 0 saturated heterocycles. The van der Waals surface area contributed by atoms with Crippen molar-refractivity contribution in [2.75, 3.05) is 7.11 Å². The Morgan fingerprint density at radius 2 is 1.72 bits per heavy atom. The SMILES string of the molecule is COC(=O)[C@@H](C)Cn1c(=O)[nH]/c(=N\c2ccc3nc(C)c(C)nc3c2)n(Cc2ccc(Cl)cc2)c1=O. The first kappa shape index (κ1) is 25.1. The summed E-state index contributed by atoms with van der Waals surface area (Å²) in [6.45, 7) is 5.31. The second-order valence-corrected chi connectivity index (χ2v) is 8.90. The number of ether oxygens (including phenoxy) is 1. The van der Waals surface area contributed by atoms with Crippen molar-refractivity contribution in [2.24, 2.45) is 10.9 Å². The average Bonchev–Trinajstić information content (AvgIpc) is 2.85. The molecule has 0 radical (unpaired) electrons. The Morgan fingerprint density at radius 3 is 2.39 bits per heavy atom. The molecule has 10 nitrogen and oxygen atoms in total. The van der Waals surface area contributed by atoms with Crippen molar-refractivity contribution in [3.8, 4) is 0 Å². The van der Waals surface area contributed by atoms with Crippen molar-refractivity contribution in [1.29, 1.82) is 0 Å². The second kappa shape index (κ2) is 10.3. The standard InChI is InChI=1S/C25H25ClN6O4/c1-14(22(33)36-4)12-32-24(34)30-23(31(25(32)35)13-17-5-7-18(26)8-6-17)29-19-9-10-20-21(11-19)28-16(3)15(2)27-20/h5-11,14H,12-13H2,1-4H3,(H,29,30,34)/t14-/m0/s1. The molecule has 2 heterocycles. The molecule has 0 unspecified atom stereocenters. The second-order valence-electron chi connectivity index (χ2n) is 8.46. The first-order chi connectivity index (χ1) is 17.2. The number of fused-ring (bicyclic) bond motifs is 1. The Balaban J connectivity index is 1.88. The molecule has 1 atom stereocenters. The van der Waals surface area contributed by atoms with Crippen molar-refractivity contribution in [1.82, 2.24) is 24.1 Å². The van der Waals surface area contributed by atoms with Crippen molar-refractivity contribution in [2.45, 2.75) is 33.9 Å². The molecule has 4 rings (SSSR count). The Bertz CT molecular complexity index is 1640. The number of carbonyl (C=O) groups is 1. The monoisotopic (exact) mass is 508 g/mol. The van der Waals surface area contributed by atoms with Gasteiger partial charge in [0.05, 0.1) is 47.7 Å². The van der Waals surface area contributed by atoms with Gasteiger partial charge in [-0.2, -0.15) is 0 Å². The number of aromatic nitrogens is 5. The molecule has 36 heavy (non-hydrogen) atoms. The highest BCUT2D eigenvalue weighted by molar-refractivity contribution is 6.30. The van der Waals surface area contributed by atoms with Gasteiger partial charge in [-0.25, -0.2) is 29.1 Å². The van der Waals surface area contributed by atoms with E-state index in [1.165, 1.54) is 11.7 Å². The number of esters is 1. The lowest BCUT2D eigenvalue weighted by atomic mass is 10.2. The van der Waals surface area contributed by atoms with E-state index >= 15 is 0 Å². The molecule has 186 valence electrons. The third-order valence-electron chi connectivity index (χ3n) is 5.79. The largest absolute Gasteiger partial charge is 0.469 e. The molecule has 4 aromatic rings. The van der Waals surface area contributed by atoms with E-state index in [1.54, 1.807) is 49.4 Å². The van der Waals surface area contributed by atoms with Gasteiger partial charge in [-0.3, -0.25) is 14.3 Å². The van der Waals surface area contributed by atoms with Crippen LogP contribution in [0.25, 0.3) is 11.0 Å². The van der Waals surface area contributed by atoms with Crippen LogP contribution in [0, 0.1) is 19.8 Å². The summed E-state index contributed by atoms with van der Waals surface area (Å²) in [6.07, 6.45) is 0. The van der Waals surface area contributed by atoms with Crippen LogP contribution in [0.1, 0.15) is 23.9 Å². The van der Waals surface area contributed by atoms with E-state index in [1.807, 2.05) is 13.8 Å². The molecular formula is C25H25ClN6O4. The summed E-state index contributed by atoms with van der Waals surface area (Å²) in [6, 6.07) is 12.2. The molecule has 0 fully saturated rings. The van der Waals surface area contributed by atoms with Crippen LogP contribution >= 0.6 is 11.6 Å². The van der Waals surface area contributed by atoms with E-state index in [0.717, 1.165) is 21.5 Å². The minimum Gasteiger partial charge on any atom is -0.469 e. The molecule has 2 aromatic carbocycles. The molecule has 11 heteroatoms. The van der Waals surface area contributed by atoms with E-state index in [2.05, 4.69) is 19.9 Å². The van der Waals surface area contributed by atoms with Gasteiger partial charge in [0.1, 0.15) is 0 Å². The highest BCUT2D eigenvalue weighted by Gasteiger charge is 2.18. The summed E-state index contributed by atoms with van der Waals surface area (Å²) in [5.74, 6) is -1.23. The van der Waals surface area contributed by atoms with Gasteiger partial charge >= 0.3 is 17.3 Å². The minimum atomic E-state index is -0.702. The van der Waals surface area contributed by atoms with Gasteiger partial charge in [0, 0.05) is 11.6 Å². The number of hydrogen-bond donors (Lipinski definition) is 1. The lowest BCUT2D eigenvalue weighted by Gasteiger charge is -2.14. The summed E-state index contributed by atoms with van der Waals surface area (Å²) >= 11 is 6.01. The Kier molecular flexibility index (Phi) is 7.16. The van der Waals surface area contributed by atoms with Crippen LogP contribution in [0.3, 0.4) is 0 Å². The van der Waals surface area contributed by atoms with Crippen LogP contribution < -0.4 is 17.0 Å². The minimum absolute atomic E-state index is 0.0538. The third-order valence-corrected chi connectivity index (χ3v) is 6.04. The maximum atomic E-state index is 13.5. The first-order valence-corrected chi connectivity index (χ1v) is 11.6. The fraction of sp³-hybridized carbons (Fsp3) is 0.280. The van der Waals surface area contributed by atoms with Crippen LogP contribution in [0.5, 0.6) is 0 Å². The summed E-state index contributed by atoms with van der Waals surface area (Å²) in [7, 11) is 1.26. The molecule has 2 aromatic heterocycles. The van der Waals surface area contributed by atoms with E-state index in [-0.39, 0.29) is 18.7 Å². The Morgan fingerprint density at radius 1 is 1.06 bits per heavy atom. The topological polar surface area (TPSA) is 124 Å². The van der Waals surface area contributed by atoms with E-state index < -0.39 is 23.3 Å². The molecule has 0 aliphatic heterocycles. The highest BCUT2D eigenvalue weighted by atomic mass is 35.5. The maximum Gasteiger partial charge on any atom is 0.335 e.